The van der Waals surface area contributed by atoms with Crippen molar-refractivity contribution in [1.29, 1.82) is 0 Å². The molecule has 2 aromatic carbocycles. The molecule has 1 saturated heterocycles. The number of carbonyl (C=O) groups is 2. The van der Waals surface area contributed by atoms with Crippen molar-refractivity contribution < 1.29 is 27.9 Å². The third kappa shape index (κ3) is 9.89. The second-order valence-electron chi connectivity index (χ2n) is 20.7. The Morgan fingerprint density at radius 2 is 1.42 bits per heavy atom. The Kier molecular flexibility index (Phi) is 13.8. The van der Waals surface area contributed by atoms with Gasteiger partial charge in [0, 0.05) is 18.9 Å². The summed E-state index contributed by atoms with van der Waals surface area (Å²) in [7, 11) is -4.74. The minimum Gasteiger partial charge on any atom is -0.462 e. The van der Waals surface area contributed by atoms with Crippen LogP contribution in [0.1, 0.15) is 127 Å². The summed E-state index contributed by atoms with van der Waals surface area (Å²) in [6.07, 6.45) is 7.44. The standard InChI is InChI=1S/C47H74O6Si2/c1-13-47(9,10)44(49)52-41-29-34(32-50-55(46(6,7)8,38-20-16-14-17-21-38)39-22-18-15-19-23-39)28-35-25-24-33(2)40(43(35)41)27-26-36-30-37(31-42(48)51-36)53-54(11,12)45(3,4)5/h14-23,33-37,40-41,43H,13,24-32H2,1-12H3/t33-,34-,35-,36+,37+,40-,41-,43-/m0/s1. The van der Waals surface area contributed by atoms with Crippen LogP contribution in [0.4, 0.5) is 0 Å². The highest BCUT2D eigenvalue weighted by atomic mass is 28.4. The van der Waals surface area contributed by atoms with Crippen LogP contribution < -0.4 is 10.4 Å². The van der Waals surface area contributed by atoms with E-state index < -0.39 is 22.0 Å². The van der Waals surface area contributed by atoms with E-state index in [0.717, 1.165) is 51.4 Å². The SMILES string of the molecule is CCC(C)(C)C(=O)O[C@H]1C[C@@H](CO[Si](c2ccccc2)(c2ccccc2)C(C)(C)C)C[C@@H]2CC[C@H](C)[C@H](CC[C@@H]3C[C@@H](O[Si](C)(C)C(C)(C)C)CC(=O)O3)[C@H]21. The summed E-state index contributed by atoms with van der Waals surface area (Å²) in [6, 6.07) is 21.8. The van der Waals surface area contributed by atoms with E-state index in [1.807, 2.05) is 13.8 Å². The zero-order valence-corrected chi connectivity index (χ0v) is 38.4. The van der Waals surface area contributed by atoms with Gasteiger partial charge in [-0.25, -0.2) is 0 Å². The molecule has 1 aliphatic heterocycles. The van der Waals surface area contributed by atoms with Crippen LogP contribution >= 0.6 is 0 Å². The van der Waals surface area contributed by atoms with Gasteiger partial charge in [-0.1, -0.05) is 122 Å². The zero-order valence-electron chi connectivity index (χ0n) is 36.4. The van der Waals surface area contributed by atoms with Gasteiger partial charge in [-0.3, -0.25) is 9.59 Å². The molecular weight excluding hydrogens is 717 g/mol. The quantitative estimate of drug-likeness (QED) is 0.149. The van der Waals surface area contributed by atoms with Crippen LogP contribution in [0.3, 0.4) is 0 Å². The lowest BCUT2D eigenvalue weighted by atomic mass is 9.58. The first-order valence-corrected chi connectivity index (χ1v) is 26.3. The number of benzene rings is 2. The molecule has 5 rings (SSSR count). The molecule has 2 aromatic rings. The first kappa shape index (κ1) is 43.8. The maximum Gasteiger partial charge on any atom is 0.311 e. The molecule has 0 amide bonds. The summed E-state index contributed by atoms with van der Waals surface area (Å²) < 4.78 is 27.0. The van der Waals surface area contributed by atoms with Crippen LogP contribution in [-0.4, -0.2) is 53.5 Å². The summed E-state index contributed by atoms with van der Waals surface area (Å²) in [5.74, 6) is 1.69. The number of rotatable bonds is 13. The molecule has 0 unspecified atom stereocenters. The van der Waals surface area contributed by atoms with E-state index in [-0.39, 0.29) is 52.2 Å². The van der Waals surface area contributed by atoms with E-state index in [0.29, 0.717) is 30.8 Å². The van der Waals surface area contributed by atoms with Crippen LogP contribution in [0.5, 0.6) is 0 Å². The summed E-state index contributed by atoms with van der Waals surface area (Å²) in [5.41, 5.74) is -0.543. The van der Waals surface area contributed by atoms with Gasteiger partial charge >= 0.3 is 11.9 Å². The van der Waals surface area contributed by atoms with Gasteiger partial charge in [0.1, 0.15) is 12.2 Å². The van der Waals surface area contributed by atoms with Crippen molar-refractivity contribution in [2.75, 3.05) is 6.61 Å². The fourth-order valence-electron chi connectivity index (χ4n) is 9.75. The van der Waals surface area contributed by atoms with Gasteiger partial charge in [-0.05, 0) is 110 Å². The molecule has 6 nitrogen and oxygen atoms in total. The Hall–Kier alpha value is -2.27. The van der Waals surface area contributed by atoms with Crippen LogP contribution in [0.2, 0.25) is 23.2 Å². The molecule has 0 radical (unpaired) electrons. The van der Waals surface area contributed by atoms with E-state index in [1.54, 1.807) is 0 Å². The maximum absolute atomic E-state index is 13.9. The minimum absolute atomic E-state index is 0.0819. The third-order valence-electron chi connectivity index (χ3n) is 14.3. The summed E-state index contributed by atoms with van der Waals surface area (Å²) in [5, 5.41) is 2.56. The van der Waals surface area contributed by atoms with Gasteiger partial charge in [-0.2, -0.15) is 0 Å². The molecule has 0 bridgehead atoms. The van der Waals surface area contributed by atoms with Gasteiger partial charge in [-0.15, -0.1) is 0 Å². The van der Waals surface area contributed by atoms with Crippen LogP contribution in [0.15, 0.2) is 60.7 Å². The lowest BCUT2D eigenvalue weighted by Crippen LogP contribution is -2.67. The highest BCUT2D eigenvalue weighted by Crippen LogP contribution is 2.52. The molecule has 8 atom stereocenters. The molecule has 55 heavy (non-hydrogen) atoms. The topological polar surface area (TPSA) is 71.1 Å². The number of carbonyl (C=O) groups excluding carboxylic acids is 2. The van der Waals surface area contributed by atoms with Gasteiger partial charge in [0.05, 0.1) is 17.9 Å². The molecule has 3 fully saturated rings. The molecular formula is C47H74O6Si2. The first-order valence-electron chi connectivity index (χ1n) is 21.5. The van der Waals surface area contributed by atoms with Crippen LogP contribution in [0.25, 0.3) is 0 Å². The zero-order chi connectivity index (χ0) is 40.4. The molecule has 0 spiro atoms. The summed E-state index contributed by atoms with van der Waals surface area (Å²) >= 11 is 0. The molecule has 2 aliphatic carbocycles. The molecule has 0 aromatic heterocycles. The fourth-order valence-corrected chi connectivity index (χ4v) is 15.8. The Morgan fingerprint density at radius 1 is 0.818 bits per heavy atom. The molecule has 1 heterocycles. The lowest BCUT2D eigenvalue weighted by Gasteiger charge is -2.51. The predicted molar refractivity (Wildman–Crippen MR) is 230 cm³/mol. The summed E-state index contributed by atoms with van der Waals surface area (Å²) in [4.78, 5) is 26.8. The van der Waals surface area contributed by atoms with Crippen LogP contribution in [0, 0.1) is 35.0 Å². The van der Waals surface area contributed by atoms with Gasteiger partial charge in [0.2, 0.25) is 0 Å². The number of esters is 2. The van der Waals surface area contributed by atoms with E-state index in [4.69, 9.17) is 18.3 Å². The van der Waals surface area contributed by atoms with E-state index >= 15 is 0 Å². The molecule has 3 aliphatic rings. The largest absolute Gasteiger partial charge is 0.462 e. The monoisotopic (exact) mass is 791 g/mol. The number of ether oxygens (including phenoxy) is 2. The second kappa shape index (κ2) is 17.3. The van der Waals surface area contributed by atoms with Crippen LogP contribution in [-0.2, 0) is 27.9 Å². The van der Waals surface area contributed by atoms with Crippen molar-refractivity contribution in [2.45, 2.75) is 169 Å². The lowest BCUT2D eigenvalue weighted by molar-refractivity contribution is -0.175. The van der Waals surface area contributed by atoms with Crippen molar-refractivity contribution >= 4 is 38.9 Å². The predicted octanol–water partition coefficient (Wildman–Crippen LogP) is 10.5. The average Bonchev–Trinajstić information content (AvgIpc) is 3.11. The van der Waals surface area contributed by atoms with Gasteiger partial charge < -0.3 is 18.3 Å². The molecule has 306 valence electrons. The van der Waals surface area contributed by atoms with Crippen molar-refractivity contribution in [1.82, 2.24) is 0 Å². The third-order valence-corrected chi connectivity index (χ3v) is 23.9. The Balaban J connectivity index is 1.39. The molecule has 0 N–H and O–H groups in total. The smallest absolute Gasteiger partial charge is 0.311 e. The number of hydrogen-bond acceptors (Lipinski definition) is 6. The Labute approximate surface area is 336 Å². The van der Waals surface area contributed by atoms with Crippen molar-refractivity contribution in [3.8, 4) is 0 Å². The van der Waals surface area contributed by atoms with E-state index in [9.17, 15) is 9.59 Å². The summed E-state index contributed by atoms with van der Waals surface area (Å²) in [6.45, 7) is 27.4. The van der Waals surface area contributed by atoms with E-state index in [1.165, 1.54) is 10.4 Å². The number of hydrogen-bond donors (Lipinski definition) is 0. The first-order chi connectivity index (χ1) is 25.7. The van der Waals surface area contributed by atoms with Crippen molar-refractivity contribution in [2.24, 2.45) is 35.0 Å². The number of cyclic esters (lactones) is 1. The molecule has 2 saturated carbocycles. The normalized spacial score (nSPS) is 28.3. The molecule has 8 heteroatoms. The fraction of sp³-hybridized carbons (Fsp3) is 0.702. The number of fused-ring (bicyclic) bond motifs is 1. The van der Waals surface area contributed by atoms with Gasteiger partial charge in [0.15, 0.2) is 8.32 Å². The minimum atomic E-state index is -2.72. The van der Waals surface area contributed by atoms with Gasteiger partial charge in [0.25, 0.3) is 8.32 Å². The van der Waals surface area contributed by atoms with Crippen molar-refractivity contribution in [3.05, 3.63) is 60.7 Å². The Bertz CT molecular complexity index is 1520. The maximum atomic E-state index is 13.9. The second-order valence-corrected chi connectivity index (χ2v) is 29.7. The Morgan fingerprint density at radius 3 is 1.96 bits per heavy atom. The highest BCUT2D eigenvalue weighted by Gasteiger charge is 2.53. The highest BCUT2D eigenvalue weighted by molar-refractivity contribution is 6.99. The van der Waals surface area contributed by atoms with E-state index in [2.05, 4.69) is 129 Å². The van der Waals surface area contributed by atoms with Crippen molar-refractivity contribution in [3.63, 3.8) is 0 Å². The average molecular weight is 791 g/mol.